The van der Waals surface area contributed by atoms with E-state index in [0.717, 1.165) is 78.0 Å². The molecule has 1 unspecified atom stereocenters. The summed E-state index contributed by atoms with van der Waals surface area (Å²) < 4.78 is 5.75. The lowest BCUT2D eigenvalue weighted by Crippen LogP contribution is -2.43. The first-order chi connectivity index (χ1) is 34.0. The van der Waals surface area contributed by atoms with E-state index in [2.05, 4.69) is 54.2 Å². The van der Waals surface area contributed by atoms with Crippen molar-refractivity contribution in [3.8, 4) is 0 Å². The van der Waals surface area contributed by atoms with Gasteiger partial charge in [-0.05, 0) is 77.0 Å². The summed E-state index contributed by atoms with van der Waals surface area (Å²) in [6.45, 7) is 23.1. The van der Waals surface area contributed by atoms with Crippen molar-refractivity contribution in [2.24, 2.45) is 5.92 Å². The van der Waals surface area contributed by atoms with Gasteiger partial charge in [0.05, 0.1) is 13.2 Å². The molecule has 1 saturated heterocycles. The second-order valence-electron chi connectivity index (χ2n) is 22.3. The molecule has 1 rings (SSSR count). The maximum Gasteiger partial charge on any atom is 0.305 e. The Hall–Kier alpha value is -1.18. The predicted molar refractivity (Wildman–Crippen MR) is 303 cm³/mol. The van der Waals surface area contributed by atoms with Crippen LogP contribution in [0.3, 0.4) is 0 Å². The third-order valence-corrected chi connectivity index (χ3v) is 15.4. The molecule has 0 saturated carbocycles. The molecule has 0 N–H and O–H groups in total. The van der Waals surface area contributed by atoms with Crippen LogP contribution < -0.4 is 0 Å². The fourth-order valence-corrected chi connectivity index (χ4v) is 10.7. The number of rotatable bonds is 55. The third-order valence-electron chi connectivity index (χ3n) is 15.4. The van der Waals surface area contributed by atoms with E-state index in [1.54, 1.807) is 0 Å². The molecule has 0 radical (unpaired) electrons. The molecule has 0 bridgehead atoms. The molecule has 1 aliphatic rings. The molecule has 1 aliphatic heterocycles. The SMILES string of the molecule is CCCCCCCCCCCCCCN(CCCOC(=O)CCCCCCCCC)CC1CCN(C(=O)CN(CCCCCCCCC)CCN(CCCCCCCC)CCCCCCCCC)C1. The Labute approximate surface area is 432 Å². The van der Waals surface area contributed by atoms with Gasteiger partial charge in [0.1, 0.15) is 0 Å². The van der Waals surface area contributed by atoms with Crippen LogP contribution in [-0.4, -0.2) is 110 Å². The van der Waals surface area contributed by atoms with Gasteiger partial charge in [-0.2, -0.15) is 0 Å². The number of hydrogen-bond acceptors (Lipinski definition) is 6. The molecule has 0 aromatic heterocycles. The first kappa shape index (κ1) is 65.8. The van der Waals surface area contributed by atoms with E-state index in [-0.39, 0.29) is 5.97 Å². The van der Waals surface area contributed by atoms with Crippen LogP contribution in [0, 0.1) is 5.92 Å². The number of nitrogens with zero attached hydrogens (tertiary/aromatic N) is 4. The number of esters is 1. The van der Waals surface area contributed by atoms with Crippen LogP contribution in [0.5, 0.6) is 0 Å². The third kappa shape index (κ3) is 43.0. The van der Waals surface area contributed by atoms with Crippen molar-refractivity contribution < 1.29 is 14.3 Å². The average Bonchev–Trinajstić information content (AvgIpc) is 3.83. The minimum Gasteiger partial charge on any atom is -0.466 e. The lowest BCUT2D eigenvalue weighted by atomic mass is 10.0. The summed E-state index contributed by atoms with van der Waals surface area (Å²) in [5.74, 6) is 0.869. The maximum atomic E-state index is 14.2. The average molecular weight is 974 g/mol. The van der Waals surface area contributed by atoms with E-state index in [1.807, 2.05) is 0 Å². The molecule has 7 nitrogen and oxygen atoms in total. The number of unbranched alkanes of at least 4 members (excludes halogenated alkanes) is 34. The molecular weight excluding hydrogens is 849 g/mol. The molecular formula is C62H124N4O3. The summed E-state index contributed by atoms with van der Waals surface area (Å²) in [6, 6.07) is 0. The first-order valence-electron chi connectivity index (χ1n) is 31.6. The van der Waals surface area contributed by atoms with Crippen LogP contribution in [0.2, 0.25) is 0 Å². The van der Waals surface area contributed by atoms with Crippen LogP contribution in [-0.2, 0) is 14.3 Å². The van der Waals surface area contributed by atoms with Crippen molar-refractivity contribution in [2.75, 3.05) is 78.6 Å². The van der Waals surface area contributed by atoms with Crippen LogP contribution in [0.4, 0.5) is 0 Å². The van der Waals surface area contributed by atoms with Gasteiger partial charge in [0.25, 0.3) is 0 Å². The van der Waals surface area contributed by atoms with Gasteiger partial charge < -0.3 is 19.4 Å². The highest BCUT2D eigenvalue weighted by atomic mass is 16.5. The second-order valence-corrected chi connectivity index (χ2v) is 22.3. The molecule has 0 spiro atoms. The van der Waals surface area contributed by atoms with Crippen molar-refractivity contribution in [3.05, 3.63) is 0 Å². The van der Waals surface area contributed by atoms with Gasteiger partial charge >= 0.3 is 5.97 Å². The monoisotopic (exact) mass is 973 g/mol. The highest BCUT2D eigenvalue weighted by Crippen LogP contribution is 2.20. The maximum absolute atomic E-state index is 14.2. The minimum atomic E-state index is -0.0132. The van der Waals surface area contributed by atoms with Crippen molar-refractivity contribution in [1.82, 2.24) is 19.6 Å². The van der Waals surface area contributed by atoms with Gasteiger partial charge in [-0.25, -0.2) is 0 Å². The van der Waals surface area contributed by atoms with Crippen molar-refractivity contribution in [3.63, 3.8) is 0 Å². The van der Waals surface area contributed by atoms with Gasteiger partial charge in [0.2, 0.25) is 5.91 Å². The van der Waals surface area contributed by atoms with Gasteiger partial charge in [0.15, 0.2) is 0 Å². The zero-order valence-corrected chi connectivity index (χ0v) is 47.8. The fraction of sp³-hybridized carbons (Fsp3) is 0.968. The molecule has 1 fully saturated rings. The Balaban J connectivity index is 2.80. The number of ether oxygens (including phenoxy) is 1. The Bertz CT molecular complexity index is 1070. The quantitative estimate of drug-likeness (QED) is 0.0447. The number of carbonyl (C=O) groups excluding carboxylic acids is 2. The number of amides is 1. The molecule has 410 valence electrons. The summed E-state index contributed by atoms with van der Waals surface area (Å²) in [7, 11) is 0. The Morgan fingerprint density at radius 1 is 0.391 bits per heavy atom. The van der Waals surface area contributed by atoms with Crippen LogP contribution >= 0.6 is 0 Å². The van der Waals surface area contributed by atoms with Gasteiger partial charge in [-0.15, -0.1) is 0 Å². The van der Waals surface area contributed by atoms with Crippen molar-refractivity contribution in [1.29, 1.82) is 0 Å². The lowest BCUT2D eigenvalue weighted by molar-refractivity contribution is -0.144. The van der Waals surface area contributed by atoms with E-state index in [4.69, 9.17) is 4.74 Å². The molecule has 7 heteroatoms. The smallest absolute Gasteiger partial charge is 0.305 e. The predicted octanol–water partition coefficient (Wildman–Crippen LogP) is 17.4. The van der Waals surface area contributed by atoms with Crippen LogP contribution in [0.1, 0.15) is 304 Å². The van der Waals surface area contributed by atoms with Crippen molar-refractivity contribution >= 4 is 11.9 Å². The molecule has 1 atom stereocenters. The summed E-state index contributed by atoms with van der Waals surface area (Å²) in [5.41, 5.74) is 0. The minimum absolute atomic E-state index is 0.0132. The standard InChI is InChI=1S/C62H124N4O3/c1-6-11-16-21-26-27-28-29-30-34-39-43-50-64(52-45-56-69-62(68)46-40-35-31-22-17-12-7-2)57-60-47-53-66(58-60)61(67)59-65(51-44-38-33-24-19-14-9-4)55-54-63(48-41-36-25-20-15-10-5)49-42-37-32-23-18-13-8-3/h60H,6-59H2,1-5H3. The highest BCUT2D eigenvalue weighted by molar-refractivity contribution is 5.78. The summed E-state index contributed by atoms with van der Waals surface area (Å²) in [4.78, 5) is 37.0. The first-order valence-corrected chi connectivity index (χ1v) is 31.6. The Morgan fingerprint density at radius 3 is 1.14 bits per heavy atom. The zero-order chi connectivity index (χ0) is 49.9. The Kier molecular flexibility index (Phi) is 49.3. The molecule has 69 heavy (non-hydrogen) atoms. The molecule has 1 heterocycles. The lowest BCUT2D eigenvalue weighted by Gasteiger charge is -2.29. The summed E-state index contributed by atoms with van der Waals surface area (Å²) in [6.07, 6.45) is 54.4. The van der Waals surface area contributed by atoms with Gasteiger partial charge in [0, 0.05) is 45.7 Å². The number of hydrogen-bond donors (Lipinski definition) is 0. The fourth-order valence-electron chi connectivity index (χ4n) is 10.7. The van der Waals surface area contributed by atoms with Crippen molar-refractivity contribution in [2.45, 2.75) is 304 Å². The topological polar surface area (TPSA) is 56.3 Å². The molecule has 1 amide bonds. The van der Waals surface area contributed by atoms with Crippen LogP contribution in [0.15, 0.2) is 0 Å². The second kappa shape index (κ2) is 51.7. The van der Waals surface area contributed by atoms with Crippen LogP contribution in [0.25, 0.3) is 0 Å². The van der Waals surface area contributed by atoms with Gasteiger partial charge in [-0.1, -0.05) is 253 Å². The Morgan fingerprint density at radius 2 is 0.725 bits per heavy atom. The van der Waals surface area contributed by atoms with E-state index in [0.29, 0.717) is 31.4 Å². The highest BCUT2D eigenvalue weighted by Gasteiger charge is 2.28. The molecule has 0 aromatic carbocycles. The normalized spacial score (nSPS) is 14.1. The van der Waals surface area contributed by atoms with E-state index >= 15 is 0 Å². The number of likely N-dealkylation sites (tertiary alicyclic amines) is 1. The molecule has 0 aromatic rings. The van der Waals surface area contributed by atoms with E-state index < -0.39 is 0 Å². The summed E-state index contributed by atoms with van der Waals surface area (Å²) >= 11 is 0. The van der Waals surface area contributed by atoms with Gasteiger partial charge in [-0.3, -0.25) is 14.5 Å². The largest absolute Gasteiger partial charge is 0.466 e. The number of carbonyl (C=O) groups is 2. The molecule has 0 aliphatic carbocycles. The van der Waals surface area contributed by atoms with E-state index in [9.17, 15) is 9.59 Å². The zero-order valence-electron chi connectivity index (χ0n) is 47.8. The summed E-state index contributed by atoms with van der Waals surface area (Å²) in [5, 5.41) is 0. The van der Waals surface area contributed by atoms with E-state index in [1.165, 1.54) is 251 Å².